The third-order valence-corrected chi connectivity index (χ3v) is 9.23. The fraction of sp³-hybridized carbons (Fsp3) is 0.391. The number of fused-ring (bicyclic) bond motifs is 2. The molecule has 0 unspecified atom stereocenters. The Kier molecular flexibility index (Phi) is 9.19. The van der Waals surface area contributed by atoms with Gasteiger partial charge in [0.15, 0.2) is 5.71 Å². The Hall–Kier alpha value is 1.43. The molecule has 30 heavy (non-hydrogen) atoms. The summed E-state index contributed by atoms with van der Waals surface area (Å²) in [5.74, 6) is 0. The number of nitrogens with zero attached hydrogens (tertiary/aromatic N) is 2. The molecule has 0 N–H and O–H groups in total. The third kappa shape index (κ3) is 4.93. The smallest absolute Gasteiger partial charge is 0.211 e. The predicted molar refractivity (Wildman–Crippen MR) is 159 cm³/mol. The molecule has 0 saturated heterocycles. The van der Waals surface area contributed by atoms with E-state index in [1.165, 1.54) is 42.5 Å². The van der Waals surface area contributed by atoms with Crippen LogP contribution < -0.4 is 24.0 Å². The summed E-state index contributed by atoms with van der Waals surface area (Å²) in [6.45, 7) is 13.4. The lowest BCUT2D eigenvalue weighted by molar-refractivity contribution is -0.403. The molecule has 0 fully saturated rings. The van der Waals surface area contributed by atoms with Gasteiger partial charge in [-0.15, -0.1) is 0 Å². The molecule has 2 aromatic carbocycles. The quantitative estimate of drug-likeness (QED) is 0.255. The molecule has 0 radical (unpaired) electrons. The molecule has 7 heteroatoms. The highest BCUT2D eigenvalue weighted by Gasteiger charge is 2.43. The first-order valence-electron chi connectivity index (χ1n) is 9.41. The molecule has 0 atom stereocenters. The van der Waals surface area contributed by atoms with Crippen molar-refractivity contribution >= 4 is 113 Å². The topological polar surface area (TPSA) is 15.4 Å². The van der Waals surface area contributed by atoms with E-state index in [0.29, 0.717) is 0 Å². The van der Waals surface area contributed by atoms with E-state index in [-0.39, 0.29) is 34.8 Å². The molecule has 0 amide bonds. The van der Waals surface area contributed by atoms with Crippen LogP contribution >= 0.6 is 90.4 Å². The SMILES string of the molecule is CC1=Nc2cc(I)cc(I)c2C1(C)C.CC1=[N+](C)c2cc(I)cc(I)c2C1(C)C.[I-]. The lowest BCUT2D eigenvalue weighted by Crippen LogP contribution is -3.00. The summed E-state index contributed by atoms with van der Waals surface area (Å²) >= 11 is 9.59. The van der Waals surface area contributed by atoms with Gasteiger partial charge in [0.05, 0.1) is 16.7 Å². The van der Waals surface area contributed by atoms with E-state index in [4.69, 9.17) is 0 Å². The second kappa shape index (κ2) is 9.96. The van der Waals surface area contributed by atoms with Crippen molar-refractivity contribution in [3.05, 3.63) is 49.7 Å². The second-order valence-corrected chi connectivity index (χ2v) is 13.5. The maximum atomic E-state index is 4.63. The van der Waals surface area contributed by atoms with Gasteiger partial charge in [-0.1, -0.05) is 13.8 Å². The van der Waals surface area contributed by atoms with E-state index in [2.05, 4.69) is 173 Å². The summed E-state index contributed by atoms with van der Waals surface area (Å²) in [7, 11) is 2.16. The van der Waals surface area contributed by atoms with E-state index >= 15 is 0 Å². The van der Waals surface area contributed by atoms with Crippen molar-refractivity contribution in [2.45, 2.75) is 52.4 Å². The molecule has 0 saturated carbocycles. The fourth-order valence-electron chi connectivity index (χ4n) is 3.99. The maximum absolute atomic E-state index is 4.63. The Balaban J connectivity index is 0.000000207. The van der Waals surface area contributed by atoms with Crippen molar-refractivity contribution < 1.29 is 28.6 Å². The molecule has 2 heterocycles. The van der Waals surface area contributed by atoms with Gasteiger partial charge < -0.3 is 24.0 Å². The third-order valence-electron chi connectivity index (χ3n) is 6.28. The summed E-state index contributed by atoms with van der Waals surface area (Å²) in [6, 6.07) is 8.91. The number of aliphatic imine (C=N–C) groups is 1. The van der Waals surface area contributed by atoms with Crippen LogP contribution in [-0.4, -0.2) is 23.0 Å². The zero-order valence-corrected chi connectivity index (χ0v) is 28.9. The van der Waals surface area contributed by atoms with Gasteiger partial charge >= 0.3 is 0 Å². The summed E-state index contributed by atoms with van der Waals surface area (Å²) in [4.78, 5) is 4.63. The van der Waals surface area contributed by atoms with Crippen molar-refractivity contribution in [3.63, 3.8) is 0 Å². The molecular weight excluding hydrogens is 939 g/mol. The van der Waals surface area contributed by atoms with Crippen LogP contribution in [0.1, 0.15) is 52.7 Å². The summed E-state index contributed by atoms with van der Waals surface area (Å²) in [5, 5.41) is 0. The Labute approximate surface area is 252 Å². The van der Waals surface area contributed by atoms with E-state index in [1.54, 1.807) is 0 Å². The minimum Gasteiger partial charge on any atom is -1.00 e. The number of halogens is 5. The average molecular weight is 964 g/mol. The van der Waals surface area contributed by atoms with Crippen LogP contribution in [0.4, 0.5) is 11.4 Å². The van der Waals surface area contributed by atoms with E-state index in [9.17, 15) is 0 Å². The number of hydrogen-bond acceptors (Lipinski definition) is 1. The first-order chi connectivity index (χ1) is 13.3. The van der Waals surface area contributed by atoms with E-state index in [0.717, 1.165) is 5.69 Å². The van der Waals surface area contributed by atoms with Gasteiger partial charge in [0, 0.05) is 44.0 Å². The molecule has 4 rings (SSSR count). The van der Waals surface area contributed by atoms with Crippen LogP contribution in [-0.2, 0) is 10.8 Å². The highest BCUT2D eigenvalue weighted by Crippen LogP contribution is 2.44. The Morgan fingerprint density at radius 1 is 0.767 bits per heavy atom. The normalized spacial score (nSPS) is 17.5. The number of benzene rings is 2. The van der Waals surface area contributed by atoms with E-state index in [1.807, 2.05) is 0 Å². The summed E-state index contributed by atoms with van der Waals surface area (Å²) in [5.41, 5.74) is 8.31. The van der Waals surface area contributed by atoms with Crippen LogP contribution in [0.3, 0.4) is 0 Å². The Morgan fingerprint density at radius 3 is 1.83 bits per heavy atom. The Morgan fingerprint density at radius 2 is 1.27 bits per heavy atom. The lowest BCUT2D eigenvalue weighted by atomic mass is 9.82. The second-order valence-electron chi connectivity index (χ2n) is 8.66. The van der Waals surface area contributed by atoms with Crippen molar-refractivity contribution in [1.82, 2.24) is 0 Å². The highest BCUT2D eigenvalue weighted by atomic mass is 127. The van der Waals surface area contributed by atoms with Gasteiger partial charge in [0.25, 0.3) is 0 Å². The highest BCUT2D eigenvalue weighted by molar-refractivity contribution is 14.1. The van der Waals surface area contributed by atoms with Gasteiger partial charge in [0.1, 0.15) is 7.05 Å². The number of rotatable bonds is 0. The van der Waals surface area contributed by atoms with Crippen molar-refractivity contribution in [2.75, 3.05) is 7.05 Å². The predicted octanol–water partition coefficient (Wildman–Crippen LogP) is 5.21. The molecule has 0 aliphatic carbocycles. The number of hydrogen-bond donors (Lipinski definition) is 0. The van der Waals surface area contributed by atoms with Gasteiger partial charge in [-0.25, -0.2) is 4.58 Å². The fourth-order valence-corrected chi connectivity index (χ4v) is 8.97. The zero-order chi connectivity index (χ0) is 21.9. The molecule has 2 nitrogen and oxygen atoms in total. The first kappa shape index (κ1) is 27.7. The first-order valence-corrected chi connectivity index (χ1v) is 13.7. The lowest BCUT2D eigenvalue weighted by Gasteiger charge is -2.21. The van der Waals surface area contributed by atoms with Gasteiger partial charge in [-0.3, -0.25) is 4.99 Å². The Bertz CT molecular complexity index is 1080. The minimum atomic E-state index is 0. The van der Waals surface area contributed by atoms with Crippen molar-refractivity contribution in [1.29, 1.82) is 0 Å². The monoisotopic (exact) mass is 964 g/mol. The minimum absolute atomic E-state index is 0. The summed E-state index contributed by atoms with van der Waals surface area (Å²) in [6.07, 6.45) is 0. The van der Waals surface area contributed by atoms with Gasteiger partial charge in [-0.05, 0) is 129 Å². The molecule has 0 bridgehead atoms. The zero-order valence-electron chi connectivity index (χ0n) is 18.1. The van der Waals surface area contributed by atoms with Crippen LogP contribution in [0.15, 0.2) is 29.3 Å². The average Bonchev–Trinajstić information content (AvgIpc) is 2.90. The molecule has 0 aromatic heterocycles. The largest absolute Gasteiger partial charge is 1.00 e. The summed E-state index contributed by atoms with van der Waals surface area (Å²) < 4.78 is 7.60. The van der Waals surface area contributed by atoms with Crippen LogP contribution in [0.25, 0.3) is 0 Å². The van der Waals surface area contributed by atoms with Gasteiger partial charge in [0.2, 0.25) is 5.69 Å². The molecule has 0 spiro atoms. The molecular formula is C23H25I5N2. The standard InChI is InChI=1S/C12H14I2N.C11H11I2N.HI/c1-7-12(2,3)11-9(14)5-8(13)6-10(11)15(7)4;1-6-11(2,3)10-8(13)4-7(12)5-9(10)14-6;/h5-6H,1-4H3;4-5H,1-3H3;1H/q+1;;/p-1. The van der Waals surface area contributed by atoms with E-state index < -0.39 is 0 Å². The molecule has 2 aliphatic rings. The van der Waals surface area contributed by atoms with Crippen LogP contribution in [0, 0.1) is 14.3 Å². The van der Waals surface area contributed by atoms with Gasteiger partial charge in [-0.2, -0.15) is 0 Å². The maximum Gasteiger partial charge on any atom is 0.211 e. The molecule has 162 valence electrons. The van der Waals surface area contributed by atoms with Crippen LogP contribution in [0.5, 0.6) is 0 Å². The molecule has 2 aliphatic heterocycles. The van der Waals surface area contributed by atoms with Crippen LogP contribution in [0.2, 0.25) is 0 Å². The van der Waals surface area contributed by atoms with Crippen molar-refractivity contribution in [3.8, 4) is 0 Å². The molecule has 2 aromatic rings. The van der Waals surface area contributed by atoms with Crippen molar-refractivity contribution in [2.24, 2.45) is 4.99 Å².